The van der Waals surface area contributed by atoms with E-state index in [1.165, 1.54) is 5.56 Å². The highest BCUT2D eigenvalue weighted by molar-refractivity contribution is 14.0. The maximum Gasteiger partial charge on any atom is 0.193 e. The van der Waals surface area contributed by atoms with Crippen molar-refractivity contribution in [1.29, 1.82) is 0 Å². The Bertz CT molecular complexity index is 692. The Morgan fingerprint density at radius 2 is 2.14 bits per heavy atom. The number of hydrogen-bond acceptors (Lipinski definition) is 3. The summed E-state index contributed by atoms with van der Waals surface area (Å²) in [5, 5.41) is 7.80. The summed E-state index contributed by atoms with van der Waals surface area (Å²) in [6, 6.07) is 12.3. The van der Waals surface area contributed by atoms with Crippen molar-refractivity contribution in [1.82, 2.24) is 20.0 Å². The number of hydrogen-bond donors (Lipinski definition) is 1. The lowest BCUT2D eigenvalue weighted by Crippen LogP contribution is -2.42. The van der Waals surface area contributed by atoms with Crippen molar-refractivity contribution in [2.75, 3.05) is 33.3 Å². The zero-order valence-electron chi connectivity index (χ0n) is 16.8. The van der Waals surface area contributed by atoms with Gasteiger partial charge in [0.15, 0.2) is 5.96 Å². The molecular weight excluding hydrogens is 465 g/mol. The van der Waals surface area contributed by atoms with E-state index in [9.17, 15) is 0 Å². The first-order chi connectivity index (χ1) is 13.2. The van der Waals surface area contributed by atoms with E-state index in [-0.39, 0.29) is 24.0 Å². The molecule has 28 heavy (non-hydrogen) atoms. The molecule has 154 valence electrons. The molecule has 0 amide bonds. The fraction of sp³-hybridized carbons (Fsp3) is 0.524. The molecule has 0 radical (unpaired) electrons. The van der Waals surface area contributed by atoms with E-state index in [2.05, 4.69) is 51.5 Å². The van der Waals surface area contributed by atoms with Crippen molar-refractivity contribution in [3.8, 4) is 0 Å². The minimum absolute atomic E-state index is 0. The van der Waals surface area contributed by atoms with E-state index in [1.54, 1.807) is 0 Å². The predicted octanol–water partition coefficient (Wildman–Crippen LogP) is 3.25. The summed E-state index contributed by atoms with van der Waals surface area (Å²) in [6.45, 7) is 7.55. The molecular formula is C21H32IN5O. The first kappa shape index (κ1) is 22.7. The van der Waals surface area contributed by atoms with Gasteiger partial charge in [0.2, 0.25) is 0 Å². The summed E-state index contributed by atoms with van der Waals surface area (Å²) >= 11 is 0. The molecule has 1 aliphatic heterocycles. The third kappa shape index (κ3) is 7.09. The Balaban J connectivity index is 0.00000280. The molecule has 2 atom stereocenters. The first-order valence-corrected chi connectivity index (χ1v) is 9.79. The summed E-state index contributed by atoms with van der Waals surface area (Å²) in [5.41, 5.74) is 1.23. The molecule has 1 N–H and O–H groups in total. The summed E-state index contributed by atoms with van der Waals surface area (Å²) in [5.74, 6) is 2.04. The molecule has 1 saturated heterocycles. The second-order valence-electron chi connectivity index (χ2n) is 7.36. The van der Waals surface area contributed by atoms with Crippen LogP contribution in [0.15, 0.2) is 53.8 Å². The number of halogens is 1. The Hall–Kier alpha value is -1.61. The van der Waals surface area contributed by atoms with E-state index >= 15 is 0 Å². The van der Waals surface area contributed by atoms with Crippen LogP contribution in [0.2, 0.25) is 0 Å². The van der Waals surface area contributed by atoms with Gasteiger partial charge in [0.05, 0.1) is 13.2 Å². The molecule has 2 heterocycles. The van der Waals surface area contributed by atoms with E-state index in [1.807, 2.05) is 36.3 Å². The average Bonchev–Trinajstić information content (AvgIpc) is 3.36. The van der Waals surface area contributed by atoms with E-state index in [0.717, 1.165) is 45.2 Å². The Kier molecular flexibility index (Phi) is 9.77. The molecule has 2 unspecified atom stereocenters. The predicted molar refractivity (Wildman–Crippen MR) is 124 cm³/mol. The van der Waals surface area contributed by atoms with E-state index in [0.29, 0.717) is 18.4 Å². The standard InChI is InChI=1S/C21H31N5O.HI/c1-18(14-26-11-6-10-24-26)13-23-21(22-2)25-12-9-20(15-25)17-27-16-19-7-4-3-5-8-19;/h3-8,10-11,18,20H,9,12-17H2,1-2H3,(H,22,23);1H. The van der Waals surface area contributed by atoms with Crippen LogP contribution in [0.3, 0.4) is 0 Å². The number of nitrogens with one attached hydrogen (secondary N) is 1. The van der Waals surface area contributed by atoms with Gasteiger partial charge in [-0.05, 0) is 24.0 Å². The number of ether oxygens (including phenoxy) is 1. The molecule has 0 aliphatic carbocycles. The normalized spacial score (nSPS) is 18.0. The SMILES string of the molecule is CN=C(NCC(C)Cn1cccn1)N1CCC(COCc2ccccc2)C1.I. The number of likely N-dealkylation sites (tertiary alicyclic amines) is 1. The lowest BCUT2D eigenvalue weighted by molar-refractivity contribution is 0.0906. The number of guanidine groups is 1. The monoisotopic (exact) mass is 497 g/mol. The molecule has 7 heteroatoms. The minimum Gasteiger partial charge on any atom is -0.376 e. The molecule has 0 spiro atoms. The van der Waals surface area contributed by atoms with Gasteiger partial charge >= 0.3 is 0 Å². The van der Waals surface area contributed by atoms with Crippen LogP contribution in [0.5, 0.6) is 0 Å². The minimum atomic E-state index is 0. The van der Waals surface area contributed by atoms with Gasteiger partial charge in [0.1, 0.15) is 0 Å². The average molecular weight is 497 g/mol. The number of rotatable bonds is 8. The van der Waals surface area contributed by atoms with Gasteiger partial charge in [0.25, 0.3) is 0 Å². The summed E-state index contributed by atoms with van der Waals surface area (Å²) in [7, 11) is 1.86. The molecule has 0 saturated carbocycles. The van der Waals surface area contributed by atoms with Crippen LogP contribution in [0, 0.1) is 11.8 Å². The van der Waals surface area contributed by atoms with Crippen molar-refractivity contribution in [3.05, 3.63) is 54.4 Å². The fourth-order valence-corrected chi connectivity index (χ4v) is 3.47. The Morgan fingerprint density at radius 3 is 2.86 bits per heavy atom. The van der Waals surface area contributed by atoms with Crippen molar-refractivity contribution >= 4 is 29.9 Å². The molecule has 6 nitrogen and oxygen atoms in total. The maximum atomic E-state index is 5.93. The zero-order valence-corrected chi connectivity index (χ0v) is 19.2. The largest absolute Gasteiger partial charge is 0.376 e. The quantitative estimate of drug-likeness (QED) is 0.346. The van der Waals surface area contributed by atoms with Gasteiger partial charge in [-0.2, -0.15) is 5.10 Å². The van der Waals surface area contributed by atoms with Gasteiger partial charge in [0, 0.05) is 51.5 Å². The fourth-order valence-electron chi connectivity index (χ4n) is 3.47. The highest BCUT2D eigenvalue weighted by atomic mass is 127. The Morgan fingerprint density at radius 1 is 1.32 bits per heavy atom. The lowest BCUT2D eigenvalue weighted by Gasteiger charge is -2.23. The third-order valence-electron chi connectivity index (χ3n) is 4.93. The number of aliphatic imine (C=N–C) groups is 1. The van der Waals surface area contributed by atoms with Crippen LogP contribution < -0.4 is 5.32 Å². The highest BCUT2D eigenvalue weighted by Crippen LogP contribution is 2.17. The lowest BCUT2D eigenvalue weighted by atomic mass is 10.1. The van der Waals surface area contributed by atoms with Gasteiger partial charge < -0.3 is 15.0 Å². The van der Waals surface area contributed by atoms with Crippen LogP contribution in [0.1, 0.15) is 18.9 Å². The van der Waals surface area contributed by atoms with Crippen LogP contribution in [0.25, 0.3) is 0 Å². The second kappa shape index (κ2) is 12.1. The van der Waals surface area contributed by atoms with Gasteiger partial charge in [-0.25, -0.2) is 0 Å². The Labute approximate surface area is 185 Å². The van der Waals surface area contributed by atoms with Gasteiger partial charge in [-0.3, -0.25) is 9.67 Å². The second-order valence-corrected chi connectivity index (χ2v) is 7.36. The molecule has 1 aromatic carbocycles. The van der Waals surface area contributed by atoms with E-state index in [4.69, 9.17) is 4.74 Å². The highest BCUT2D eigenvalue weighted by Gasteiger charge is 2.25. The summed E-state index contributed by atoms with van der Waals surface area (Å²) < 4.78 is 7.90. The van der Waals surface area contributed by atoms with Crippen molar-refractivity contribution < 1.29 is 4.74 Å². The van der Waals surface area contributed by atoms with Crippen molar-refractivity contribution in [2.24, 2.45) is 16.8 Å². The molecule has 3 rings (SSSR count). The van der Waals surface area contributed by atoms with Gasteiger partial charge in [-0.15, -0.1) is 24.0 Å². The third-order valence-corrected chi connectivity index (χ3v) is 4.93. The van der Waals surface area contributed by atoms with Crippen LogP contribution >= 0.6 is 24.0 Å². The van der Waals surface area contributed by atoms with E-state index < -0.39 is 0 Å². The summed E-state index contributed by atoms with van der Waals surface area (Å²) in [4.78, 5) is 6.81. The molecule has 1 fully saturated rings. The molecule has 1 aliphatic rings. The van der Waals surface area contributed by atoms with Crippen molar-refractivity contribution in [2.45, 2.75) is 26.5 Å². The number of aromatic nitrogens is 2. The van der Waals surface area contributed by atoms with Crippen LogP contribution in [-0.4, -0.2) is 53.9 Å². The smallest absolute Gasteiger partial charge is 0.193 e. The topological polar surface area (TPSA) is 54.7 Å². The molecule has 1 aromatic heterocycles. The van der Waals surface area contributed by atoms with Crippen LogP contribution in [0.4, 0.5) is 0 Å². The number of nitrogens with zero attached hydrogens (tertiary/aromatic N) is 4. The first-order valence-electron chi connectivity index (χ1n) is 9.79. The molecule has 2 aromatic rings. The zero-order chi connectivity index (χ0) is 18.9. The maximum absolute atomic E-state index is 5.93. The number of benzene rings is 1. The summed E-state index contributed by atoms with van der Waals surface area (Å²) in [6.07, 6.45) is 4.98. The van der Waals surface area contributed by atoms with Crippen molar-refractivity contribution in [3.63, 3.8) is 0 Å². The van der Waals surface area contributed by atoms with Gasteiger partial charge in [-0.1, -0.05) is 37.3 Å². The van der Waals surface area contributed by atoms with Crippen LogP contribution in [-0.2, 0) is 17.9 Å². The molecule has 0 bridgehead atoms.